The van der Waals surface area contributed by atoms with Crippen molar-refractivity contribution in [2.24, 2.45) is 5.73 Å². The zero-order chi connectivity index (χ0) is 14.1. The molecule has 0 aliphatic carbocycles. The highest BCUT2D eigenvalue weighted by molar-refractivity contribution is 5.93. The molecule has 0 aliphatic heterocycles. The van der Waals surface area contributed by atoms with E-state index in [2.05, 4.69) is 25.3 Å². The highest BCUT2D eigenvalue weighted by Crippen LogP contribution is 2.22. The number of nitrogen functional groups attached to an aromatic ring is 1. The van der Waals surface area contributed by atoms with Gasteiger partial charge >= 0.3 is 0 Å². The summed E-state index contributed by atoms with van der Waals surface area (Å²) >= 11 is 0. The van der Waals surface area contributed by atoms with E-state index in [1.165, 1.54) is 6.33 Å². The van der Waals surface area contributed by atoms with Crippen molar-refractivity contribution in [1.29, 1.82) is 0 Å². The molecule has 6 N–H and O–H groups in total. The number of fused-ring (bicyclic) bond motifs is 1. The molecule has 2 aromatic heterocycles. The van der Waals surface area contributed by atoms with Gasteiger partial charge in [-0.3, -0.25) is 4.79 Å². The van der Waals surface area contributed by atoms with Gasteiger partial charge in [0, 0.05) is 11.3 Å². The Hall–Kier alpha value is -3.16. The second-order valence-corrected chi connectivity index (χ2v) is 4.10. The lowest BCUT2D eigenvalue weighted by Crippen LogP contribution is -2.10. The van der Waals surface area contributed by atoms with Gasteiger partial charge in [-0.15, -0.1) is 0 Å². The van der Waals surface area contributed by atoms with Gasteiger partial charge in [0.15, 0.2) is 11.5 Å². The lowest BCUT2D eigenvalue weighted by atomic mass is 10.2. The van der Waals surface area contributed by atoms with Crippen molar-refractivity contribution in [1.82, 2.24) is 19.9 Å². The van der Waals surface area contributed by atoms with Gasteiger partial charge in [0.25, 0.3) is 0 Å². The third-order valence-electron chi connectivity index (χ3n) is 2.74. The number of benzene rings is 1. The summed E-state index contributed by atoms with van der Waals surface area (Å²) in [7, 11) is 0. The summed E-state index contributed by atoms with van der Waals surface area (Å²) in [4.78, 5) is 26.1. The Balaban J connectivity index is 1.96. The molecule has 0 fully saturated rings. The van der Waals surface area contributed by atoms with Crippen molar-refractivity contribution >= 4 is 34.5 Å². The molecule has 100 valence electrons. The average Bonchev–Trinajstić information content (AvgIpc) is 2.87. The first kappa shape index (κ1) is 11.9. The first-order chi connectivity index (χ1) is 9.63. The Morgan fingerprint density at radius 2 is 1.95 bits per heavy atom. The number of rotatable bonds is 3. The summed E-state index contributed by atoms with van der Waals surface area (Å²) in [6.45, 7) is 0. The molecular formula is C12H11N7O. The van der Waals surface area contributed by atoms with Gasteiger partial charge in [-0.1, -0.05) is 0 Å². The molecule has 0 saturated heterocycles. The second-order valence-electron chi connectivity index (χ2n) is 4.10. The number of nitrogens with one attached hydrogen (secondary N) is 2. The fourth-order valence-electron chi connectivity index (χ4n) is 1.80. The minimum Gasteiger partial charge on any atom is -0.368 e. The third-order valence-corrected chi connectivity index (χ3v) is 2.74. The van der Waals surface area contributed by atoms with E-state index in [0.717, 1.165) is 5.69 Å². The average molecular weight is 269 g/mol. The first-order valence-electron chi connectivity index (χ1n) is 5.77. The fourth-order valence-corrected chi connectivity index (χ4v) is 1.80. The molecule has 1 amide bonds. The molecule has 0 atom stereocenters. The van der Waals surface area contributed by atoms with E-state index in [4.69, 9.17) is 11.5 Å². The number of amides is 1. The van der Waals surface area contributed by atoms with E-state index in [1.54, 1.807) is 24.3 Å². The molecule has 20 heavy (non-hydrogen) atoms. The smallest absolute Gasteiger partial charge is 0.248 e. The predicted octanol–water partition coefficient (Wildman–Crippen LogP) is 0.778. The van der Waals surface area contributed by atoms with Gasteiger partial charge in [0.05, 0.1) is 6.33 Å². The van der Waals surface area contributed by atoms with Crippen molar-refractivity contribution in [3.8, 4) is 0 Å². The van der Waals surface area contributed by atoms with Gasteiger partial charge in [-0.05, 0) is 24.3 Å². The number of carbonyl (C=O) groups excluding carboxylic acids is 1. The van der Waals surface area contributed by atoms with Crippen LogP contribution in [-0.4, -0.2) is 25.8 Å². The Bertz CT molecular complexity index is 778. The van der Waals surface area contributed by atoms with Gasteiger partial charge in [-0.2, -0.15) is 9.97 Å². The van der Waals surface area contributed by atoms with E-state index in [-0.39, 0.29) is 5.95 Å². The number of aromatic amines is 1. The van der Waals surface area contributed by atoms with E-state index in [0.29, 0.717) is 22.5 Å². The standard InChI is InChI=1S/C12H11N7O/c13-9(20)6-1-3-7(4-2-6)17-11-8-10(16-5-15-8)18-12(14)19-11/h1-5H,(H2,13,20)(H4,14,15,16,17,18,19). The number of hydrogen-bond acceptors (Lipinski definition) is 6. The topological polar surface area (TPSA) is 136 Å². The fraction of sp³-hybridized carbons (Fsp3) is 0. The minimum atomic E-state index is -0.473. The molecule has 3 aromatic rings. The maximum atomic E-state index is 11.0. The number of hydrogen-bond donors (Lipinski definition) is 4. The Morgan fingerprint density at radius 3 is 2.65 bits per heavy atom. The normalized spacial score (nSPS) is 10.6. The molecule has 0 saturated carbocycles. The lowest BCUT2D eigenvalue weighted by Gasteiger charge is -2.07. The molecule has 3 rings (SSSR count). The zero-order valence-electron chi connectivity index (χ0n) is 10.3. The molecule has 8 nitrogen and oxygen atoms in total. The molecule has 0 unspecified atom stereocenters. The highest BCUT2D eigenvalue weighted by Gasteiger charge is 2.09. The quantitative estimate of drug-likeness (QED) is 0.554. The molecule has 1 aromatic carbocycles. The largest absolute Gasteiger partial charge is 0.368 e. The maximum Gasteiger partial charge on any atom is 0.248 e. The van der Waals surface area contributed by atoms with Crippen LogP contribution in [0.4, 0.5) is 17.5 Å². The molecule has 8 heteroatoms. The number of carbonyl (C=O) groups is 1. The van der Waals surface area contributed by atoms with Crippen LogP contribution in [0.15, 0.2) is 30.6 Å². The van der Waals surface area contributed by atoms with Crippen LogP contribution in [0.1, 0.15) is 10.4 Å². The predicted molar refractivity (Wildman–Crippen MR) is 74.3 cm³/mol. The number of primary amides is 1. The number of H-pyrrole nitrogens is 1. The maximum absolute atomic E-state index is 11.0. The van der Waals surface area contributed by atoms with Crippen LogP contribution in [0.2, 0.25) is 0 Å². The second kappa shape index (κ2) is 4.50. The SMILES string of the molecule is NC(=O)c1ccc(Nc2nc(N)nc3nc[nH]c23)cc1. The number of nitrogens with two attached hydrogens (primary N) is 2. The minimum absolute atomic E-state index is 0.126. The Labute approximate surface area is 113 Å². The molecular weight excluding hydrogens is 258 g/mol. The van der Waals surface area contributed by atoms with Crippen molar-refractivity contribution in [3.05, 3.63) is 36.2 Å². The third kappa shape index (κ3) is 2.09. The number of anilines is 3. The zero-order valence-corrected chi connectivity index (χ0v) is 10.3. The number of aromatic nitrogens is 4. The van der Waals surface area contributed by atoms with Crippen molar-refractivity contribution in [2.75, 3.05) is 11.1 Å². The molecule has 2 heterocycles. The summed E-state index contributed by atoms with van der Waals surface area (Å²) in [5.41, 5.74) is 13.1. The highest BCUT2D eigenvalue weighted by atomic mass is 16.1. The summed E-state index contributed by atoms with van der Waals surface area (Å²) in [5.74, 6) is 0.163. The van der Waals surface area contributed by atoms with Crippen LogP contribution < -0.4 is 16.8 Å². The number of nitrogens with zero attached hydrogens (tertiary/aromatic N) is 3. The van der Waals surface area contributed by atoms with Gasteiger partial charge in [-0.25, -0.2) is 4.98 Å². The van der Waals surface area contributed by atoms with Gasteiger partial charge in [0.2, 0.25) is 11.9 Å². The molecule has 0 bridgehead atoms. The van der Waals surface area contributed by atoms with Crippen LogP contribution >= 0.6 is 0 Å². The van der Waals surface area contributed by atoms with E-state index < -0.39 is 5.91 Å². The summed E-state index contributed by atoms with van der Waals surface area (Å²) < 4.78 is 0. The van der Waals surface area contributed by atoms with Gasteiger partial charge < -0.3 is 21.8 Å². The van der Waals surface area contributed by atoms with E-state index in [1.807, 2.05) is 0 Å². The Kier molecular flexibility index (Phi) is 2.68. The summed E-state index contributed by atoms with van der Waals surface area (Å²) in [6.07, 6.45) is 1.51. The van der Waals surface area contributed by atoms with E-state index >= 15 is 0 Å². The van der Waals surface area contributed by atoms with Crippen LogP contribution in [0, 0.1) is 0 Å². The van der Waals surface area contributed by atoms with Crippen molar-refractivity contribution in [3.63, 3.8) is 0 Å². The van der Waals surface area contributed by atoms with Crippen LogP contribution in [-0.2, 0) is 0 Å². The first-order valence-corrected chi connectivity index (χ1v) is 5.77. The lowest BCUT2D eigenvalue weighted by molar-refractivity contribution is 0.100. The molecule has 0 radical (unpaired) electrons. The van der Waals surface area contributed by atoms with Crippen LogP contribution in [0.3, 0.4) is 0 Å². The van der Waals surface area contributed by atoms with Crippen LogP contribution in [0.25, 0.3) is 11.2 Å². The summed E-state index contributed by atoms with van der Waals surface area (Å²) in [5, 5.41) is 3.09. The van der Waals surface area contributed by atoms with Crippen molar-refractivity contribution in [2.45, 2.75) is 0 Å². The Morgan fingerprint density at radius 1 is 1.20 bits per heavy atom. The molecule has 0 spiro atoms. The monoisotopic (exact) mass is 269 g/mol. The van der Waals surface area contributed by atoms with Crippen molar-refractivity contribution < 1.29 is 4.79 Å². The molecule has 0 aliphatic rings. The summed E-state index contributed by atoms with van der Waals surface area (Å²) in [6, 6.07) is 6.69. The van der Waals surface area contributed by atoms with Gasteiger partial charge in [0.1, 0.15) is 5.52 Å². The number of imidazole rings is 1. The van der Waals surface area contributed by atoms with Crippen LogP contribution in [0.5, 0.6) is 0 Å². The van der Waals surface area contributed by atoms with E-state index in [9.17, 15) is 4.79 Å².